The SMILES string of the molecule is CCN(NC(=O)c1cccc(Br)c1)C(N)=S. The molecule has 0 unspecified atom stereocenters. The average Bonchev–Trinajstić information content (AvgIpc) is 2.25. The number of nitrogens with one attached hydrogen (secondary N) is 1. The van der Waals surface area contributed by atoms with E-state index in [1.165, 1.54) is 5.01 Å². The van der Waals surface area contributed by atoms with Crippen LogP contribution in [0.25, 0.3) is 0 Å². The molecule has 0 radical (unpaired) electrons. The van der Waals surface area contributed by atoms with Crippen LogP contribution in [0.1, 0.15) is 17.3 Å². The second-order valence-corrected chi connectivity index (χ2v) is 4.37. The van der Waals surface area contributed by atoms with E-state index in [1.54, 1.807) is 18.2 Å². The van der Waals surface area contributed by atoms with Crippen molar-refractivity contribution in [1.29, 1.82) is 0 Å². The van der Waals surface area contributed by atoms with Gasteiger partial charge in [-0.2, -0.15) is 0 Å². The van der Waals surface area contributed by atoms with E-state index in [0.29, 0.717) is 12.1 Å². The number of hydrogen-bond acceptors (Lipinski definition) is 2. The van der Waals surface area contributed by atoms with Crippen molar-refractivity contribution in [3.8, 4) is 0 Å². The minimum Gasteiger partial charge on any atom is -0.375 e. The zero-order valence-corrected chi connectivity index (χ0v) is 11.1. The molecule has 0 saturated heterocycles. The number of thiocarbonyl (C=S) groups is 1. The maximum Gasteiger partial charge on any atom is 0.269 e. The Morgan fingerprint density at radius 1 is 1.62 bits per heavy atom. The largest absolute Gasteiger partial charge is 0.375 e. The molecule has 1 rings (SSSR count). The van der Waals surface area contributed by atoms with E-state index in [0.717, 1.165) is 4.47 Å². The first-order valence-corrected chi connectivity index (χ1v) is 5.88. The molecule has 1 aromatic rings. The third-order valence-electron chi connectivity index (χ3n) is 1.91. The highest BCUT2D eigenvalue weighted by molar-refractivity contribution is 9.10. The number of carbonyl (C=O) groups is 1. The highest BCUT2D eigenvalue weighted by atomic mass is 79.9. The maximum absolute atomic E-state index is 11.8. The number of hydrazine groups is 1. The van der Waals surface area contributed by atoms with Gasteiger partial charge in [-0.1, -0.05) is 22.0 Å². The van der Waals surface area contributed by atoms with Crippen LogP contribution in [0.5, 0.6) is 0 Å². The van der Waals surface area contributed by atoms with Crippen molar-refractivity contribution >= 4 is 39.2 Å². The number of nitrogens with two attached hydrogens (primary N) is 1. The molecule has 0 aromatic heterocycles. The Morgan fingerprint density at radius 2 is 2.31 bits per heavy atom. The van der Waals surface area contributed by atoms with Gasteiger partial charge in [-0.3, -0.25) is 15.2 Å². The van der Waals surface area contributed by atoms with Crippen molar-refractivity contribution in [2.24, 2.45) is 5.73 Å². The van der Waals surface area contributed by atoms with Gasteiger partial charge >= 0.3 is 0 Å². The summed E-state index contributed by atoms with van der Waals surface area (Å²) in [5.41, 5.74) is 8.60. The molecule has 0 saturated carbocycles. The summed E-state index contributed by atoms with van der Waals surface area (Å²) in [7, 11) is 0. The lowest BCUT2D eigenvalue weighted by Crippen LogP contribution is -2.48. The second kappa shape index (κ2) is 5.81. The van der Waals surface area contributed by atoms with E-state index in [9.17, 15) is 4.79 Å². The van der Waals surface area contributed by atoms with E-state index in [4.69, 9.17) is 18.0 Å². The lowest BCUT2D eigenvalue weighted by Gasteiger charge is -2.21. The summed E-state index contributed by atoms with van der Waals surface area (Å²) >= 11 is 8.09. The molecule has 86 valence electrons. The third kappa shape index (κ3) is 3.46. The Hall–Kier alpha value is -1.14. The zero-order valence-electron chi connectivity index (χ0n) is 8.74. The highest BCUT2D eigenvalue weighted by Crippen LogP contribution is 2.11. The van der Waals surface area contributed by atoms with Gasteiger partial charge < -0.3 is 5.73 Å². The normalized spacial score (nSPS) is 9.62. The van der Waals surface area contributed by atoms with Gasteiger partial charge in [-0.25, -0.2) is 0 Å². The summed E-state index contributed by atoms with van der Waals surface area (Å²) in [6, 6.07) is 7.08. The van der Waals surface area contributed by atoms with Crippen LogP contribution in [0.2, 0.25) is 0 Å². The fraction of sp³-hybridized carbons (Fsp3) is 0.200. The van der Waals surface area contributed by atoms with Crippen LogP contribution in [0.4, 0.5) is 0 Å². The van der Waals surface area contributed by atoms with Gasteiger partial charge in [0.05, 0.1) is 0 Å². The summed E-state index contributed by atoms with van der Waals surface area (Å²) in [6.07, 6.45) is 0. The number of carbonyl (C=O) groups excluding carboxylic acids is 1. The topological polar surface area (TPSA) is 58.4 Å². The van der Waals surface area contributed by atoms with Gasteiger partial charge in [0, 0.05) is 16.6 Å². The summed E-state index contributed by atoms with van der Waals surface area (Å²) in [5, 5.41) is 1.56. The monoisotopic (exact) mass is 301 g/mol. The Morgan fingerprint density at radius 3 is 2.81 bits per heavy atom. The molecule has 6 heteroatoms. The molecule has 3 N–H and O–H groups in total. The van der Waals surface area contributed by atoms with E-state index in [1.807, 2.05) is 13.0 Å². The summed E-state index contributed by atoms with van der Waals surface area (Å²) in [6.45, 7) is 2.37. The van der Waals surface area contributed by atoms with Crippen molar-refractivity contribution in [1.82, 2.24) is 10.4 Å². The number of benzene rings is 1. The van der Waals surface area contributed by atoms with Crippen molar-refractivity contribution in [3.05, 3.63) is 34.3 Å². The van der Waals surface area contributed by atoms with Crippen LogP contribution in [0.15, 0.2) is 28.7 Å². The van der Waals surface area contributed by atoms with Crippen molar-refractivity contribution in [3.63, 3.8) is 0 Å². The Labute approximate surface area is 108 Å². The first-order valence-electron chi connectivity index (χ1n) is 4.68. The van der Waals surface area contributed by atoms with Gasteiger partial charge in [0.25, 0.3) is 5.91 Å². The second-order valence-electron chi connectivity index (χ2n) is 3.03. The van der Waals surface area contributed by atoms with E-state index in [2.05, 4.69) is 21.4 Å². The molecule has 0 spiro atoms. The van der Waals surface area contributed by atoms with Crippen molar-refractivity contribution < 1.29 is 4.79 Å². The predicted molar refractivity (Wildman–Crippen MR) is 70.8 cm³/mol. The van der Waals surface area contributed by atoms with Crippen LogP contribution >= 0.6 is 28.1 Å². The molecule has 1 aromatic carbocycles. The number of nitrogens with zero attached hydrogens (tertiary/aromatic N) is 1. The van der Waals surface area contributed by atoms with Crippen LogP contribution in [0, 0.1) is 0 Å². The molecule has 0 aliphatic rings. The molecule has 0 aliphatic carbocycles. The number of rotatable bonds is 2. The Bertz CT molecular complexity index is 411. The summed E-state index contributed by atoms with van der Waals surface area (Å²) in [4.78, 5) is 11.8. The minimum absolute atomic E-state index is 0.144. The fourth-order valence-electron chi connectivity index (χ4n) is 1.11. The lowest BCUT2D eigenvalue weighted by atomic mass is 10.2. The van der Waals surface area contributed by atoms with Gasteiger partial charge in [0.2, 0.25) is 0 Å². The smallest absolute Gasteiger partial charge is 0.269 e. The van der Waals surface area contributed by atoms with E-state index < -0.39 is 0 Å². The molecular formula is C10H12BrN3OS. The van der Waals surface area contributed by atoms with Gasteiger partial charge in [-0.15, -0.1) is 0 Å². The lowest BCUT2D eigenvalue weighted by molar-refractivity contribution is 0.0874. The van der Waals surface area contributed by atoms with Crippen LogP contribution < -0.4 is 11.2 Å². The number of hydrogen-bond donors (Lipinski definition) is 2. The molecular weight excluding hydrogens is 290 g/mol. The minimum atomic E-state index is -0.240. The van der Waals surface area contributed by atoms with E-state index >= 15 is 0 Å². The van der Waals surface area contributed by atoms with Gasteiger partial charge in [0.15, 0.2) is 5.11 Å². The molecule has 0 aliphatic heterocycles. The summed E-state index contributed by atoms with van der Waals surface area (Å²) in [5.74, 6) is -0.240. The molecule has 0 atom stereocenters. The molecule has 16 heavy (non-hydrogen) atoms. The van der Waals surface area contributed by atoms with Crippen LogP contribution in [-0.4, -0.2) is 22.6 Å². The van der Waals surface area contributed by atoms with Crippen LogP contribution in [0.3, 0.4) is 0 Å². The Kier molecular flexibility index (Phi) is 4.70. The van der Waals surface area contributed by atoms with Crippen LogP contribution in [-0.2, 0) is 0 Å². The Balaban J connectivity index is 2.75. The zero-order chi connectivity index (χ0) is 12.1. The molecule has 4 nitrogen and oxygen atoms in total. The van der Waals surface area contributed by atoms with Gasteiger partial charge in [-0.05, 0) is 37.3 Å². The predicted octanol–water partition coefficient (Wildman–Crippen LogP) is 1.66. The highest BCUT2D eigenvalue weighted by Gasteiger charge is 2.10. The molecule has 1 amide bonds. The fourth-order valence-corrected chi connectivity index (χ4v) is 1.68. The first-order chi connectivity index (χ1) is 7.54. The van der Waals surface area contributed by atoms with Crippen molar-refractivity contribution in [2.75, 3.05) is 6.54 Å². The average molecular weight is 302 g/mol. The molecule has 0 fully saturated rings. The van der Waals surface area contributed by atoms with Gasteiger partial charge in [0.1, 0.15) is 0 Å². The number of amides is 1. The molecule has 0 bridgehead atoms. The third-order valence-corrected chi connectivity index (χ3v) is 2.62. The molecule has 0 heterocycles. The van der Waals surface area contributed by atoms with Crippen molar-refractivity contribution in [2.45, 2.75) is 6.92 Å². The first kappa shape index (κ1) is 12.9. The quantitative estimate of drug-likeness (QED) is 0.644. The standard InChI is InChI=1S/C10H12BrN3OS/c1-2-14(10(12)16)13-9(15)7-4-3-5-8(11)6-7/h3-6H,2H2,1H3,(H2,12,16)(H,13,15). The maximum atomic E-state index is 11.8. The summed E-state index contributed by atoms with van der Waals surface area (Å²) < 4.78 is 0.846. The van der Waals surface area contributed by atoms with E-state index in [-0.39, 0.29) is 11.0 Å². The number of halogens is 1.